The first kappa shape index (κ1) is 14.1. The molecule has 0 aliphatic heterocycles. The first-order chi connectivity index (χ1) is 9.12. The van der Waals surface area contributed by atoms with Crippen LogP contribution in [0.4, 0.5) is 5.69 Å². The van der Waals surface area contributed by atoms with Gasteiger partial charge in [-0.15, -0.1) is 0 Å². The molecule has 1 fully saturated rings. The van der Waals surface area contributed by atoms with Crippen LogP contribution in [0.2, 0.25) is 0 Å². The number of carbonyl (C=O) groups excluding carboxylic acids is 1. The first-order valence-electron chi connectivity index (χ1n) is 6.25. The number of benzene rings is 1. The second-order valence-corrected chi connectivity index (χ2v) is 5.27. The predicted molar refractivity (Wildman–Crippen MR) is 78.3 cm³/mol. The number of ether oxygens (including phenoxy) is 2. The number of hydrogen-bond acceptors (Lipinski definition) is 4. The van der Waals surface area contributed by atoms with Gasteiger partial charge in [0.2, 0.25) is 5.91 Å². The molecule has 0 heterocycles. The summed E-state index contributed by atoms with van der Waals surface area (Å²) < 4.78 is 10.4. The molecule has 1 aliphatic carbocycles. The Morgan fingerprint density at radius 3 is 2.63 bits per heavy atom. The molecule has 0 aromatic heterocycles. The summed E-state index contributed by atoms with van der Waals surface area (Å²) in [5.41, 5.74) is 0.788. The van der Waals surface area contributed by atoms with Crippen LogP contribution in [0.5, 0.6) is 11.5 Å². The van der Waals surface area contributed by atoms with E-state index in [0.717, 1.165) is 18.6 Å². The van der Waals surface area contributed by atoms with Crippen molar-refractivity contribution >= 4 is 24.2 Å². The Bertz CT molecular complexity index is 472. The maximum Gasteiger partial charge on any atom is 0.225 e. The molecule has 0 spiro atoms. The van der Waals surface area contributed by atoms with Crippen molar-refractivity contribution in [1.29, 1.82) is 0 Å². The van der Waals surface area contributed by atoms with Crippen molar-refractivity contribution in [3.8, 4) is 11.5 Å². The number of anilines is 1. The summed E-state index contributed by atoms with van der Waals surface area (Å²) in [6, 6.07) is 5.33. The lowest BCUT2D eigenvalue weighted by Crippen LogP contribution is -2.18. The number of thiol groups is 1. The zero-order chi connectivity index (χ0) is 13.9. The summed E-state index contributed by atoms with van der Waals surface area (Å²) in [6.45, 7) is 0. The van der Waals surface area contributed by atoms with Gasteiger partial charge in [-0.25, -0.2) is 0 Å². The van der Waals surface area contributed by atoms with Gasteiger partial charge in [-0.1, -0.05) is 0 Å². The monoisotopic (exact) mass is 281 g/mol. The Hall–Kier alpha value is -1.36. The summed E-state index contributed by atoms with van der Waals surface area (Å²) in [5.74, 6) is 2.07. The van der Waals surface area contributed by atoms with E-state index in [9.17, 15) is 4.79 Å². The Kier molecular flexibility index (Phi) is 4.24. The summed E-state index contributed by atoms with van der Waals surface area (Å²) in [7, 11) is 3.16. The van der Waals surface area contributed by atoms with Crippen LogP contribution < -0.4 is 14.8 Å². The van der Waals surface area contributed by atoms with Crippen molar-refractivity contribution < 1.29 is 14.3 Å². The number of methoxy groups -OCH3 is 2. The number of amides is 1. The third kappa shape index (κ3) is 3.35. The first-order valence-corrected chi connectivity index (χ1v) is 6.88. The third-order valence-electron chi connectivity index (χ3n) is 3.51. The third-order valence-corrected chi connectivity index (χ3v) is 4.18. The molecular weight excluding hydrogens is 262 g/mol. The van der Waals surface area contributed by atoms with E-state index in [0.29, 0.717) is 23.6 Å². The van der Waals surface area contributed by atoms with Crippen molar-refractivity contribution in [2.45, 2.75) is 19.3 Å². The summed E-state index contributed by atoms with van der Waals surface area (Å²) in [4.78, 5) is 12.0. The van der Waals surface area contributed by atoms with Crippen LogP contribution in [0.15, 0.2) is 18.2 Å². The highest BCUT2D eigenvalue weighted by Gasteiger charge is 2.42. The molecule has 4 nitrogen and oxygen atoms in total. The van der Waals surface area contributed by atoms with Crippen LogP contribution in [0.25, 0.3) is 0 Å². The molecule has 19 heavy (non-hydrogen) atoms. The van der Waals surface area contributed by atoms with Gasteiger partial charge < -0.3 is 14.8 Å². The van der Waals surface area contributed by atoms with Gasteiger partial charge in [-0.2, -0.15) is 12.6 Å². The largest absolute Gasteiger partial charge is 0.497 e. The van der Waals surface area contributed by atoms with E-state index in [1.165, 1.54) is 0 Å². The topological polar surface area (TPSA) is 47.6 Å². The molecule has 1 aliphatic rings. The molecule has 2 rings (SSSR count). The highest BCUT2D eigenvalue weighted by molar-refractivity contribution is 7.80. The normalized spacial score (nSPS) is 15.7. The van der Waals surface area contributed by atoms with Crippen molar-refractivity contribution in [3.63, 3.8) is 0 Å². The quantitative estimate of drug-likeness (QED) is 0.788. The lowest BCUT2D eigenvalue weighted by Gasteiger charge is -2.14. The van der Waals surface area contributed by atoms with Gasteiger partial charge in [-0.05, 0) is 36.1 Å². The highest BCUT2D eigenvalue weighted by atomic mass is 32.1. The predicted octanol–water partition coefficient (Wildman–Crippen LogP) is 2.74. The molecule has 1 saturated carbocycles. The number of nitrogens with one attached hydrogen (secondary N) is 1. The van der Waals surface area contributed by atoms with Crippen molar-refractivity contribution in [2.75, 3.05) is 25.3 Å². The fourth-order valence-corrected chi connectivity index (χ4v) is 2.43. The number of carbonyl (C=O) groups is 1. The SMILES string of the molecule is COc1ccc(NC(=O)CC2(CS)CC2)c(OC)c1. The van der Waals surface area contributed by atoms with Crippen LogP contribution in [-0.4, -0.2) is 25.9 Å². The average Bonchev–Trinajstić information content (AvgIpc) is 3.19. The van der Waals surface area contributed by atoms with Gasteiger partial charge in [0.05, 0.1) is 19.9 Å². The van der Waals surface area contributed by atoms with Crippen LogP contribution in [0.1, 0.15) is 19.3 Å². The number of hydrogen-bond donors (Lipinski definition) is 2. The Morgan fingerprint density at radius 1 is 1.37 bits per heavy atom. The van der Waals surface area contributed by atoms with E-state index in [4.69, 9.17) is 9.47 Å². The van der Waals surface area contributed by atoms with Gasteiger partial charge in [0, 0.05) is 12.5 Å². The standard InChI is InChI=1S/C14H19NO3S/c1-17-10-3-4-11(12(7-10)18-2)15-13(16)8-14(9-19)5-6-14/h3-4,7,19H,5-6,8-9H2,1-2H3,(H,15,16). The molecule has 104 valence electrons. The van der Waals surface area contributed by atoms with Gasteiger partial charge in [0.25, 0.3) is 0 Å². The maximum absolute atomic E-state index is 12.0. The molecule has 0 unspecified atom stereocenters. The highest BCUT2D eigenvalue weighted by Crippen LogP contribution is 2.49. The lowest BCUT2D eigenvalue weighted by molar-refractivity contribution is -0.117. The summed E-state index contributed by atoms with van der Waals surface area (Å²) >= 11 is 4.31. The average molecular weight is 281 g/mol. The zero-order valence-corrected chi connectivity index (χ0v) is 12.1. The molecule has 1 N–H and O–H groups in total. The van der Waals surface area contributed by atoms with Gasteiger partial charge >= 0.3 is 0 Å². The minimum atomic E-state index is 0.00927. The van der Waals surface area contributed by atoms with Gasteiger partial charge in [0.15, 0.2) is 0 Å². The second-order valence-electron chi connectivity index (χ2n) is 4.95. The molecule has 1 amide bonds. The molecular formula is C14H19NO3S. The molecule has 0 bridgehead atoms. The maximum atomic E-state index is 12.0. The minimum Gasteiger partial charge on any atom is -0.497 e. The van der Waals surface area contributed by atoms with E-state index in [1.54, 1.807) is 32.4 Å². The van der Waals surface area contributed by atoms with Crippen LogP contribution >= 0.6 is 12.6 Å². The van der Waals surface area contributed by atoms with E-state index >= 15 is 0 Å². The van der Waals surface area contributed by atoms with E-state index < -0.39 is 0 Å². The Morgan fingerprint density at radius 2 is 2.11 bits per heavy atom. The van der Waals surface area contributed by atoms with Crippen LogP contribution in [0.3, 0.4) is 0 Å². The minimum absolute atomic E-state index is 0.00927. The van der Waals surface area contributed by atoms with E-state index in [1.807, 2.05) is 0 Å². The van der Waals surface area contributed by atoms with Gasteiger partial charge in [0.1, 0.15) is 11.5 Å². The zero-order valence-electron chi connectivity index (χ0n) is 11.2. The Balaban J connectivity index is 2.04. The molecule has 0 radical (unpaired) electrons. The summed E-state index contributed by atoms with van der Waals surface area (Å²) in [6.07, 6.45) is 2.69. The van der Waals surface area contributed by atoms with E-state index in [-0.39, 0.29) is 11.3 Å². The second kappa shape index (κ2) is 5.74. The summed E-state index contributed by atoms with van der Waals surface area (Å²) in [5, 5.41) is 2.89. The molecule has 1 aromatic rings. The van der Waals surface area contributed by atoms with Crippen LogP contribution in [0, 0.1) is 5.41 Å². The smallest absolute Gasteiger partial charge is 0.225 e. The molecule has 0 saturated heterocycles. The number of rotatable bonds is 6. The van der Waals surface area contributed by atoms with Crippen molar-refractivity contribution in [1.82, 2.24) is 0 Å². The molecule has 1 aromatic carbocycles. The lowest BCUT2D eigenvalue weighted by atomic mass is 10.1. The fourth-order valence-electron chi connectivity index (χ4n) is 2.00. The molecule has 0 atom stereocenters. The van der Waals surface area contributed by atoms with Crippen molar-refractivity contribution in [2.24, 2.45) is 5.41 Å². The van der Waals surface area contributed by atoms with Crippen LogP contribution in [-0.2, 0) is 4.79 Å². The van der Waals surface area contributed by atoms with Gasteiger partial charge in [-0.3, -0.25) is 4.79 Å². The van der Waals surface area contributed by atoms with E-state index in [2.05, 4.69) is 17.9 Å². The Labute approximate surface area is 118 Å². The molecule has 5 heteroatoms. The fraction of sp³-hybridized carbons (Fsp3) is 0.500. The van der Waals surface area contributed by atoms with Crippen molar-refractivity contribution in [3.05, 3.63) is 18.2 Å².